The largest absolute Gasteiger partial charge is 0.507 e. The first-order valence-corrected chi connectivity index (χ1v) is 6.76. The Morgan fingerprint density at radius 1 is 1.05 bits per heavy atom. The van der Waals surface area contributed by atoms with E-state index in [-0.39, 0.29) is 19.0 Å². The zero-order valence-corrected chi connectivity index (χ0v) is 11.9. The van der Waals surface area contributed by atoms with Crippen molar-refractivity contribution < 1.29 is 15.3 Å². The van der Waals surface area contributed by atoms with Crippen LogP contribution in [0.5, 0.6) is 5.75 Å². The van der Waals surface area contributed by atoms with Crippen LogP contribution in [0.1, 0.15) is 5.69 Å². The van der Waals surface area contributed by atoms with E-state index < -0.39 is 0 Å². The highest BCUT2D eigenvalue weighted by Crippen LogP contribution is 2.27. The minimum absolute atomic E-state index is 0.0328. The fraction of sp³-hybridized carbons (Fsp3) is 0.333. The molecule has 1 aromatic heterocycles. The third-order valence-corrected chi connectivity index (χ3v) is 3.05. The van der Waals surface area contributed by atoms with Crippen LogP contribution in [0.15, 0.2) is 30.3 Å². The second kappa shape index (κ2) is 7.01. The standard InChI is InChI=1S/C15H19N3O3/c1-11-10-14(18(6-8-19)7-9-20)17-15(16-11)12-4-2-3-5-13(12)21/h2-5,10,19-21H,6-9H2,1H3. The molecule has 6 nitrogen and oxygen atoms in total. The smallest absolute Gasteiger partial charge is 0.165 e. The first-order valence-electron chi connectivity index (χ1n) is 6.76. The summed E-state index contributed by atoms with van der Waals surface area (Å²) in [6.07, 6.45) is 0. The molecule has 21 heavy (non-hydrogen) atoms. The number of aryl methyl sites for hydroxylation is 1. The Morgan fingerprint density at radius 2 is 1.71 bits per heavy atom. The van der Waals surface area contributed by atoms with E-state index in [1.165, 1.54) is 0 Å². The van der Waals surface area contributed by atoms with Gasteiger partial charge in [0.1, 0.15) is 11.6 Å². The van der Waals surface area contributed by atoms with Crippen LogP contribution in [0, 0.1) is 6.92 Å². The Kier molecular flexibility index (Phi) is 5.08. The summed E-state index contributed by atoms with van der Waals surface area (Å²) in [6, 6.07) is 8.66. The number of hydrogen-bond donors (Lipinski definition) is 3. The molecule has 0 saturated heterocycles. The van der Waals surface area contributed by atoms with Crippen LogP contribution in [0.25, 0.3) is 11.4 Å². The fourth-order valence-electron chi connectivity index (χ4n) is 2.08. The van der Waals surface area contributed by atoms with Crippen LogP contribution in [-0.2, 0) is 0 Å². The van der Waals surface area contributed by atoms with Crippen molar-refractivity contribution in [3.05, 3.63) is 36.0 Å². The quantitative estimate of drug-likeness (QED) is 0.733. The van der Waals surface area contributed by atoms with Crippen molar-refractivity contribution in [2.75, 3.05) is 31.2 Å². The maximum Gasteiger partial charge on any atom is 0.165 e. The molecule has 1 heterocycles. The van der Waals surface area contributed by atoms with Gasteiger partial charge in [-0.05, 0) is 19.1 Å². The molecule has 0 aliphatic rings. The molecule has 0 fully saturated rings. The number of nitrogens with zero attached hydrogens (tertiary/aromatic N) is 3. The van der Waals surface area contributed by atoms with Gasteiger partial charge in [-0.15, -0.1) is 0 Å². The van der Waals surface area contributed by atoms with E-state index >= 15 is 0 Å². The lowest BCUT2D eigenvalue weighted by Crippen LogP contribution is -2.30. The number of anilines is 1. The van der Waals surface area contributed by atoms with Gasteiger partial charge in [0.15, 0.2) is 5.82 Å². The molecule has 0 amide bonds. The van der Waals surface area contributed by atoms with Crippen LogP contribution in [0.4, 0.5) is 5.82 Å². The summed E-state index contributed by atoms with van der Waals surface area (Å²) in [5.74, 6) is 1.15. The van der Waals surface area contributed by atoms with Crippen LogP contribution in [-0.4, -0.2) is 51.6 Å². The van der Waals surface area contributed by atoms with E-state index in [0.29, 0.717) is 30.3 Å². The maximum absolute atomic E-state index is 9.92. The Balaban J connectivity index is 2.43. The van der Waals surface area contributed by atoms with Crippen LogP contribution >= 0.6 is 0 Å². The average molecular weight is 289 g/mol. The summed E-state index contributed by atoms with van der Waals surface area (Å²) in [4.78, 5) is 10.6. The SMILES string of the molecule is Cc1cc(N(CCO)CCO)nc(-c2ccccc2O)n1. The van der Waals surface area contributed by atoms with Gasteiger partial charge in [-0.25, -0.2) is 9.97 Å². The first-order chi connectivity index (χ1) is 10.2. The highest BCUT2D eigenvalue weighted by atomic mass is 16.3. The highest BCUT2D eigenvalue weighted by Gasteiger charge is 2.13. The Bertz CT molecular complexity index is 598. The number of phenolic OH excluding ortho intramolecular Hbond substituents is 1. The second-order valence-corrected chi connectivity index (χ2v) is 4.64. The third kappa shape index (κ3) is 3.68. The van der Waals surface area contributed by atoms with Gasteiger partial charge in [0.05, 0.1) is 18.8 Å². The monoisotopic (exact) mass is 289 g/mol. The summed E-state index contributed by atoms with van der Waals surface area (Å²) in [6.45, 7) is 2.52. The highest BCUT2D eigenvalue weighted by molar-refractivity contribution is 5.65. The molecule has 0 bridgehead atoms. The van der Waals surface area contributed by atoms with E-state index in [9.17, 15) is 5.11 Å². The first kappa shape index (κ1) is 15.2. The molecule has 6 heteroatoms. The normalized spacial score (nSPS) is 10.6. The Hall–Kier alpha value is -2.18. The minimum atomic E-state index is -0.0328. The molecule has 0 aliphatic heterocycles. The molecule has 2 aromatic rings. The molecule has 0 radical (unpaired) electrons. The number of aromatic nitrogens is 2. The van der Waals surface area contributed by atoms with Gasteiger partial charge in [0, 0.05) is 24.8 Å². The summed E-state index contributed by atoms with van der Waals surface area (Å²) in [7, 11) is 0. The van der Waals surface area contributed by atoms with Crippen molar-refractivity contribution in [1.82, 2.24) is 9.97 Å². The molecule has 112 valence electrons. The van der Waals surface area contributed by atoms with Crippen molar-refractivity contribution in [2.24, 2.45) is 0 Å². The average Bonchev–Trinajstić information content (AvgIpc) is 2.47. The number of rotatable bonds is 6. The van der Waals surface area contributed by atoms with Crippen molar-refractivity contribution in [3.63, 3.8) is 0 Å². The molecular weight excluding hydrogens is 270 g/mol. The Labute approximate surface area is 123 Å². The van der Waals surface area contributed by atoms with Crippen molar-refractivity contribution >= 4 is 5.82 Å². The number of aromatic hydroxyl groups is 1. The van der Waals surface area contributed by atoms with Gasteiger partial charge >= 0.3 is 0 Å². The predicted molar refractivity (Wildman–Crippen MR) is 80.3 cm³/mol. The molecule has 1 aromatic carbocycles. The number of aliphatic hydroxyl groups is 2. The van der Waals surface area contributed by atoms with Crippen LogP contribution in [0.2, 0.25) is 0 Å². The summed E-state index contributed by atoms with van der Waals surface area (Å²) >= 11 is 0. The number of hydrogen-bond acceptors (Lipinski definition) is 6. The minimum Gasteiger partial charge on any atom is -0.507 e. The summed E-state index contributed by atoms with van der Waals surface area (Å²) in [5, 5.41) is 28.2. The predicted octanol–water partition coefficient (Wildman–Crippen LogP) is 0.949. The van der Waals surface area contributed by atoms with Gasteiger partial charge < -0.3 is 20.2 Å². The Morgan fingerprint density at radius 3 is 2.33 bits per heavy atom. The third-order valence-electron chi connectivity index (χ3n) is 3.05. The van der Waals surface area contributed by atoms with Crippen molar-refractivity contribution in [1.29, 1.82) is 0 Å². The lowest BCUT2D eigenvalue weighted by Gasteiger charge is -2.22. The number of aliphatic hydroxyl groups excluding tert-OH is 2. The van der Waals surface area contributed by atoms with Crippen LogP contribution < -0.4 is 4.90 Å². The molecular formula is C15H19N3O3. The van der Waals surface area contributed by atoms with E-state index in [2.05, 4.69) is 9.97 Å². The molecule has 2 rings (SSSR count). The molecule has 0 saturated carbocycles. The molecule has 0 aliphatic carbocycles. The molecule has 0 unspecified atom stereocenters. The van der Waals surface area contributed by atoms with Crippen molar-refractivity contribution in [2.45, 2.75) is 6.92 Å². The topological polar surface area (TPSA) is 89.7 Å². The lowest BCUT2D eigenvalue weighted by atomic mass is 10.2. The summed E-state index contributed by atoms with van der Waals surface area (Å²) in [5.41, 5.74) is 1.30. The van der Waals surface area contributed by atoms with Gasteiger partial charge in [-0.3, -0.25) is 0 Å². The summed E-state index contributed by atoms with van der Waals surface area (Å²) < 4.78 is 0. The second-order valence-electron chi connectivity index (χ2n) is 4.64. The number of phenols is 1. The van der Waals surface area contributed by atoms with E-state index in [1.54, 1.807) is 35.2 Å². The fourth-order valence-corrected chi connectivity index (χ4v) is 2.08. The van der Waals surface area contributed by atoms with E-state index in [4.69, 9.17) is 10.2 Å². The van der Waals surface area contributed by atoms with Gasteiger partial charge in [0.25, 0.3) is 0 Å². The molecule has 3 N–H and O–H groups in total. The van der Waals surface area contributed by atoms with E-state index in [0.717, 1.165) is 5.69 Å². The molecule has 0 atom stereocenters. The zero-order valence-electron chi connectivity index (χ0n) is 11.9. The zero-order chi connectivity index (χ0) is 15.2. The van der Waals surface area contributed by atoms with E-state index in [1.807, 2.05) is 6.92 Å². The number of benzene rings is 1. The molecule has 0 spiro atoms. The maximum atomic E-state index is 9.92. The van der Waals surface area contributed by atoms with Gasteiger partial charge in [-0.1, -0.05) is 12.1 Å². The van der Waals surface area contributed by atoms with Crippen LogP contribution in [0.3, 0.4) is 0 Å². The number of para-hydroxylation sites is 1. The lowest BCUT2D eigenvalue weighted by molar-refractivity contribution is 0.280. The van der Waals surface area contributed by atoms with Gasteiger partial charge in [-0.2, -0.15) is 0 Å². The van der Waals surface area contributed by atoms with Gasteiger partial charge in [0.2, 0.25) is 0 Å². The van der Waals surface area contributed by atoms with Crippen molar-refractivity contribution in [3.8, 4) is 17.1 Å².